The van der Waals surface area contributed by atoms with Crippen LogP contribution >= 0.6 is 0 Å². The van der Waals surface area contributed by atoms with Gasteiger partial charge >= 0.3 is 6.61 Å². The molecule has 160 valence electrons. The average molecular weight is 423 g/mol. The van der Waals surface area contributed by atoms with Gasteiger partial charge < -0.3 is 24.3 Å². The lowest BCUT2D eigenvalue weighted by atomic mass is 10.1. The molecule has 0 aromatic heterocycles. The van der Waals surface area contributed by atoms with Crippen LogP contribution in [-0.4, -0.2) is 33.0 Å². The molecule has 6 nitrogen and oxygen atoms in total. The number of rotatable bonds is 8. The molecule has 30 heavy (non-hydrogen) atoms. The van der Waals surface area contributed by atoms with Crippen molar-refractivity contribution in [2.24, 2.45) is 0 Å². The number of alkyl halides is 2. The predicted octanol–water partition coefficient (Wildman–Crippen LogP) is 3.67. The molecule has 2 aromatic carbocycles. The van der Waals surface area contributed by atoms with Gasteiger partial charge in [-0.2, -0.15) is 8.78 Å². The summed E-state index contributed by atoms with van der Waals surface area (Å²) in [7, 11) is 1.33. The van der Waals surface area contributed by atoms with Gasteiger partial charge in [-0.1, -0.05) is 6.07 Å². The van der Waals surface area contributed by atoms with E-state index >= 15 is 0 Å². The highest BCUT2D eigenvalue weighted by atomic mass is 19.3. The van der Waals surface area contributed by atoms with Crippen molar-refractivity contribution in [3.05, 3.63) is 58.9 Å². The van der Waals surface area contributed by atoms with Crippen molar-refractivity contribution in [2.75, 3.05) is 20.4 Å². The highest BCUT2D eigenvalue weighted by molar-refractivity contribution is 5.91. The molecule has 1 aliphatic heterocycles. The van der Waals surface area contributed by atoms with Crippen molar-refractivity contribution in [2.45, 2.75) is 19.6 Å². The van der Waals surface area contributed by atoms with E-state index in [4.69, 9.17) is 14.2 Å². The molecule has 1 aliphatic rings. The standard InChI is InChI=1S/C21H20F3NO5/c1-27-18-8-13(2-4-17(18)30-21(23)24)3-5-19(26)25-7-6-14-9-16(22)10-15-11-28-12-29-20(14)15/h2-5,8-10,21H,6-7,11-12H2,1H3,(H,25,26). The summed E-state index contributed by atoms with van der Waals surface area (Å²) in [6.45, 7) is -2.31. The van der Waals surface area contributed by atoms with E-state index in [1.807, 2.05) is 0 Å². The predicted molar refractivity (Wildman–Crippen MR) is 102 cm³/mol. The van der Waals surface area contributed by atoms with Crippen molar-refractivity contribution in [1.29, 1.82) is 0 Å². The van der Waals surface area contributed by atoms with Crippen LogP contribution < -0.4 is 19.5 Å². The lowest BCUT2D eigenvalue weighted by Gasteiger charge is -2.20. The molecule has 0 saturated heterocycles. The SMILES string of the molecule is COc1cc(C=CC(=O)NCCc2cc(F)cc3c2OCOC3)ccc1OC(F)F. The number of carbonyl (C=O) groups is 1. The second-order valence-corrected chi connectivity index (χ2v) is 6.33. The summed E-state index contributed by atoms with van der Waals surface area (Å²) in [6.07, 6.45) is 3.19. The highest BCUT2D eigenvalue weighted by Crippen LogP contribution is 2.30. The van der Waals surface area contributed by atoms with E-state index in [9.17, 15) is 18.0 Å². The summed E-state index contributed by atoms with van der Waals surface area (Å²) in [5.41, 5.74) is 1.85. The number of fused-ring (bicyclic) bond motifs is 1. The van der Waals surface area contributed by atoms with E-state index < -0.39 is 12.4 Å². The van der Waals surface area contributed by atoms with Gasteiger partial charge in [0.1, 0.15) is 11.6 Å². The van der Waals surface area contributed by atoms with E-state index in [0.29, 0.717) is 28.9 Å². The normalized spacial score (nSPS) is 13.1. The molecular formula is C21H20F3NO5. The first-order valence-electron chi connectivity index (χ1n) is 9.07. The summed E-state index contributed by atoms with van der Waals surface area (Å²) in [5.74, 6) is -0.141. The highest BCUT2D eigenvalue weighted by Gasteiger charge is 2.17. The summed E-state index contributed by atoms with van der Waals surface area (Å²) >= 11 is 0. The fourth-order valence-electron chi connectivity index (χ4n) is 2.97. The van der Waals surface area contributed by atoms with Crippen molar-refractivity contribution in [1.82, 2.24) is 5.32 Å². The van der Waals surface area contributed by atoms with Gasteiger partial charge in [0.25, 0.3) is 0 Å². The van der Waals surface area contributed by atoms with Crippen LogP contribution in [0.3, 0.4) is 0 Å². The molecule has 0 saturated carbocycles. The summed E-state index contributed by atoms with van der Waals surface area (Å²) < 4.78 is 58.4. The molecule has 1 amide bonds. The molecule has 3 rings (SSSR count). The van der Waals surface area contributed by atoms with Crippen LogP contribution in [0.1, 0.15) is 16.7 Å². The summed E-state index contributed by atoms with van der Waals surface area (Å²) in [6, 6.07) is 7.06. The first kappa shape index (κ1) is 21.5. The first-order valence-corrected chi connectivity index (χ1v) is 9.07. The van der Waals surface area contributed by atoms with Gasteiger partial charge in [-0.15, -0.1) is 0 Å². The lowest BCUT2D eigenvalue weighted by Crippen LogP contribution is -2.24. The van der Waals surface area contributed by atoms with Crippen LogP contribution in [0.15, 0.2) is 36.4 Å². The van der Waals surface area contributed by atoms with Crippen molar-refractivity contribution in [3.63, 3.8) is 0 Å². The van der Waals surface area contributed by atoms with Crippen LogP contribution in [0.5, 0.6) is 17.2 Å². The van der Waals surface area contributed by atoms with E-state index in [-0.39, 0.29) is 37.4 Å². The number of ether oxygens (including phenoxy) is 4. The topological polar surface area (TPSA) is 66.0 Å². The molecule has 0 spiro atoms. The zero-order valence-electron chi connectivity index (χ0n) is 16.1. The number of methoxy groups -OCH3 is 1. The largest absolute Gasteiger partial charge is 0.493 e. The molecule has 0 unspecified atom stereocenters. The number of halogens is 3. The fourth-order valence-corrected chi connectivity index (χ4v) is 2.97. The molecule has 1 heterocycles. The number of carbonyl (C=O) groups excluding carboxylic acids is 1. The Hall–Kier alpha value is -3.20. The monoisotopic (exact) mass is 423 g/mol. The van der Waals surface area contributed by atoms with Gasteiger partial charge in [0, 0.05) is 18.2 Å². The fraction of sp³-hybridized carbons (Fsp3) is 0.286. The molecular weight excluding hydrogens is 403 g/mol. The van der Waals surface area contributed by atoms with Gasteiger partial charge in [0.2, 0.25) is 5.91 Å². The second kappa shape index (κ2) is 10.0. The molecule has 0 aliphatic carbocycles. The van der Waals surface area contributed by atoms with Crippen LogP contribution in [0, 0.1) is 5.82 Å². The third-order valence-corrected chi connectivity index (χ3v) is 4.28. The van der Waals surface area contributed by atoms with Gasteiger partial charge in [-0.25, -0.2) is 4.39 Å². The zero-order valence-corrected chi connectivity index (χ0v) is 16.1. The Morgan fingerprint density at radius 3 is 2.87 bits per heavy atom. The Morgan fingerprint density at radius 2 is 2.10 bits per heavy atom. The number of nitrogens with one attached hydrogen (secondary N) is 1. The smallest absolute Gasteiger partial charge is 0.387 e. The Kier molecular flexibility index (Phi) is 7.18. The molecule has 0 fully saturated rings. The Bertz CT molecular complexity index is 933. The maximum absolute atomic E-state index is 13.7. The number of amides is 1. The molecule has 1 N–H and O–H groups in total. The molecule has 0 bridgehead atoms. The van der Waals surface area contributed by atoms with Crippen LogP contribution in [0.4, 0.5) is 13.2 Å². The summed E-state index contributed by atoms with van der Waals surface area (Å²) in [5, 5.41) is 2.70. The summed E-state index contributed by atoms with van der Waals surface area (Å²) in [4.78, 5) is 12.1. The Morgan fingerprint density at radius 1 is 1.27 bits per heavy atom. The Labute approximate surface area is 171 Å². The van der Waals surface area contributed by atoms with E-state index in [1.54, 1.807) is 0 Å². The molecule has 0 atom stereocenters. The van der Waals surface area contributed by atoms with Crippen molar-refractivity contribution in [3.8, 4) is 17.2 Å². The van der Waals surface area contributed by atoms with Crippen LogP contribution in [-0.2, 0) is 22.6 Å². The maximum Gasteiger partial charge on any atom is 0.387 e. The minimum absolute atomic E-state index is 0.0971. The van der Waals surface area contributed by atoms with Crippen LogP contribution in [0.2, 0.25) is 0 Å². The average Bonchev–Trinajstić information content (AvgIpc) is 2.72. The third-order valence-electron chi connectivity index (χ3n) is 4.28. The third kappa shape index (κ3) is 5.66. The number of hydrogen-bond donors (Lipinski definition) is 1. The van der Waals surface area contributed by atoms with Crippen molar-refractivity contribution >= 4 is 12.0 Å². The minimum Gasteiger partial charge on any atom is -0.493 e. The van der Waals surface area contributed by atoms with Crippen LogP contribution in [0.25, 0.3) is 6.08 Å². The van der Waals surface area contributed by atoms with E-state index in [1.165, 1.54) is 49.6 Å². The van der Waals surface area contributed by atoms with E-state index in [0.717, 1.165) is 0 Å². The van der Waals surface area contributed by atoms with Gasteiger partial charge in [0.05, 0.1) is 13.7 Å². The minimum atomic E-state index is -2.97. The second-order valence-electron chi connectivity index (χ2n) is 6.33. The first-order chi connectivity index (χ1) is 14.5. The zero-order chi connectivity index (χ0) is 21.5. The van der Waals surface area contributed by atoms with Gasteiger partial charge in [0.15, 0.2) is 18.3 Å². The van der Waals surface area contributed by atoms with Crippen molar-refractivity contribution < 1.29 is 36.9 Å². The van der Waals surface area contributed by atoms with Gasteiger partial charge in [-0.3, -0.25) is 4.79 Å². The maximum atomic E-state index is 13.7. The molecule has 2 aromatic rings. The number of benzene rings is 2. The number of hydrogen-bond acceptors (Lipinski definition) is 5. The Balaban J connectivity index is 1.56. The lowest BCUT2D eigenvalue weighted by molar-refractivity contribution is -0.116. The molecule has 9 heteroatoms. The molecule has 0 radical (unpaired) electrons. The van der Waals surface area contributed by atoms with Gasteiger partial charge in [-0.05, 0) is 47.9 Å². The van der Waals surface area contributed by atoms with E-state index in [2.05, 4.69) is 10.1 Å². The quantitative estimate of drug-likeness (QED) is 0.657.